The number of likely N-dealkylation sites (tertiary alicyclic amines) is 1. The van der Waals surface area contributed by atoms with E-state index in [0.29, 0.717) is 0 Å². The third-order valence-electron chi connectivity index (χ3n) is 3.77. The lowest BCUT2D eigenvalue weighted by Gasteiger charge is -2.32. The van der Waals surface area contributed by atoms with E-state index >= 15 is 0 Å². The minimum Gasteiger partial charge on any atom is -0.314 e. The van der Waals surface area contributed by atoms with Crippen LogP contribution in [0.5, 0.6) is 0 Å². The van der Waals surface area contributed by atoms with Crippen LogP contribution in [0.15, 0.2) is 0 Å². The second kappa shape index (κ2) is 8.93. The highest BCUT2D eigenvalue weighted by atomic mass is 15.1. The lowest BCUT2D eigenvalue weighted by atomic mass is 10.0. The summed E-state index contributed by atoms with van der Waals surface area (Å²) in [6, 6.07) is 0.794. The van der Waals surface area contributed by atoms with Crippen molar-refractivity contribution in [3.8, 4) is 0 Å². The maximum Gasteiger partial charge on any atom is 0.00914 e. The summed E-state index contributed by atoms with van der Waals surface area (Å²) in [5.41, 5.74) is 0. The third-order valence-corrected chi connectivity index (χ3v) is 3.77. The Bertz CT molecular complexity index is 172. The van der Waals surface area contributed by atoms with Crippen LogP contribution in [0, 0.1) is 5.92 Å². The van der Waals surface area contributed by atoms with Crippen LogP contribution in [0.3, 0.4) is 0 Å². The zero-order valence-corrected chi connectivity index (χ0v) is 12.2. The topological polar surface area (TPSA) is 15.3 Å². The molecular formula is C15H32N2. The van der Waals surface area contributed by atoms with Crippen molar-refractivity contribution in [1.29, 1.82) is 0 Å². The summed E-state index contributed by atoms with van der Waals surface area (Å²) in [5.74, 6) is 0.868. The summed E-state index contributed by atoms with van der Waals surface area (Å²) in [5, 5.41) is 3.73. The third kappa shape index (κ3) is 7.05. The fourth-order valence-electron chi connectivity index (χ4n) is 2.66. The fraction of sp³-hybridized carbons (Fsp3) is 1.00. The molecule has 0 aromatic carbocycles. The highest BCUT2D eigenvalue weighted by Crippen LogP contribution is 2.11. The average Bonchev–Trinajstić information content (AvgIpc) is 2.31. The zero-order valence-electron chi connectivity index (χ0n) is 12.2. The van der Waals surface area contributed by atoms with E-state index in [1.807, 2.05) is 0 Å². The molecule has 102 valence electrons. The smallest absolute Gasteiger partial charge is 0.00914 e. The Morgan fingerprint density at radius 1 is 1.18 bits per heavy atom. The summed E-state index contributed by atoms with van der Waals surface area (Å²) in [6.45, 7) is 12.0. The Kier molecular flexibility index (Phi) is 7.87. The number of nitrogens with zero attached hydrogens (tertiary/aromatic N) is 1. The molecule has 1 aliphatic rings. The summed E-state index contributed by atoms with van der Waals surface area (Å²) in [4.78, 5) is 2.61. The van der Waals surface area contributed by atoms with Gasteiger partial charge in [0.15, 0.2) is 0 Å². The van der Waals surface area contributed by atoms with Gasteiger partial charge in [0.05, 0.1) is 0 Å². The Labute approximate surface area is 108 Å². The first kappa shape index (κ1) is 15.0. The molecule has 2 heteroatoms. The van der Waals surface area contributed by atoms with Crippen molar-refractivity contribution in [1.82, 2.24) is 10.2 Å². The molecule has 0 bridgehead atoms. The predicted molar refractivity (Wildman–Crippen MR) is 76.4 cm³/mol. The van der Waals surface area contributed by atoms with Crippen molar-refractivity contribution in [2.75, 3.05) is 26.2 Å². The number of rotatable bonds is 8. The van der Waals surface area contributed by atoms with Crippen LogP contribution >= 0.6 is 0 Å². The van der Waals surface area contributed by atoms with Crippen molar-refractivity contribution in [2.24, 2.45) is 5.92 Å². The van der Waals surface area contributed by atoms with Gasteiger partial charge in [-0.05, 0) is 57.8 Å². The molecule has 0 saturated carbocycles. The van der Waals surface area contributed by atoms with Crippen LogP contribution < -0.4 is 5.32 Å². The van der Waals surface area contributed by atoms with E-state index in [1.54, 1.807) is 0 Å². The van der Waals surface area contributed by atoms with E-state index in [9.17, 15) is 0 Å². The summed E-state index contributed by atoms with van der Waals surface area (Å²) in [6.07, 6.45) is 8.13. The molecule has 0 aromatic heterocycles. The standard InChI is InChI=1S/C15H32N2/c1-4-11-17-12-8-15(9-13-17)16-10-6-5-7-14(2)3/h14-16H,4-13H2,1-3H3. The summed E-state index contributed by atoms with van der Waals surface area (Å²) >= 11 is 0. The van der Waals surface area contributed by atoms with Gasteiger partial charge in [-0.1, -0.05) is 33.6 Å². The van der Waals surface area contributed by atoms with E-state index in [4.69, 9.17) is 0 Å². The number of nitrogens with one attached hydrogen (secondary N) is 1. The molecule has 2 nitrogen and oxygen atoms in total. The van der Waals surface area contributed by atoms with Crippen molar-refractivity contribution in [3.05, 3.63) is 0 Å². The zero-order chi connectivity index (χ0) is 12.5. The highest BCUT2D eigenvalue weighted by Gasteiger charge is 2.17. The SMILES string of the molecule is CCCN1CCC(NCCCCC(C)C)CC1. The second-order valence-corrected chi connectivity index (χ2v) is 5.96. The van der Waals surface area contributed by atoms with E-state index in [2.05, 4.69) is 31.0 Å². The molecule has 1 heterocycles. The largest absolute Gasteiger partial charge is 0.314 e. The number of hydrogen-bond acceptors (Lipinski definition) is 2. The molecule has 1 N–H and O–H groups in total. The molecule has 1 rings (SSSR count). The van der Waals surface area contributed by atoms with Gasteiger partial charge >= 0.3 is 0 Å². The van der Waals surface area contributed by atoms with Crippen LogP contribution in [0.2, 0.25) is 0 Å². The maximum atomic E-state index is 3.73. The van der Waals surface area contributed by atoms with Crippen LogP contribution in [0.1, 0.15) is 59.3 Å². The van der Waals surface area contributed by atoms with Crippen LogP contribution in [0.25, 0.3) is 0 Å². The molecular weight excluding hydrogens is 208 g/mol. The predicted octanol–water partition coefficient (Wildman–Crippen LogP) is 3.28. The van der Waals surface area contributed by atoms with Gasteiger partial charge in [-0.15, -0.1) is 0 Å². The minimum absolute atomic E-state index is 0.794. The van der Waals surface area contributed by atoms with Crippen LogP contribution in [0.4, 0.5) is 0 Å². The van der Waals surface area contributed by atoms with Gasteiger partial charge in [0.1, 0.15) is 0 Å². The quantitative estimate of drug-likeness (QED) is 0.655. The van der Waals surface area contributed by atoms with Gasteiger partial charge in [0, 0.05) is 6.04 Å². The van der Waals surface area contributed by atoms with Crippen molar-refractivity contribution in [2.45, 2.75) is 65.3 Å². The first-order chi connectivity index (χ1) is 8.22. The van der Waals surface area contributed by atoms with Gasteiger partial charge in [0.2, 0.25) is 0 Å². The van der Waals surface area contributed by atoms with Gasteiger partial charge in [-0.25, -0.2) is 0 Å². The van der Waals surface area contributed by atoms with Crippen LogP contribution in [-0.4, -0.2) is 37.1 Å². The number of piperidine rings is 1. The van der Waals surface area contributed by atoms with Gasteiger partial charge in [-0.2, -0.15) is 0 Å². The fourth-order valence-corrected chi connectivity index (χ4v) is 2.66. The molecule has 0 radical (unpaired) electrons. The number of unbranched alkanes of at least 4 members (excludes halogenated alkanes) is 1. The summed E-state index contributed by atoms with van der Waals surface area (Å²) in [7, 11) is 0. The Balaban J connectivity index is 1.95. The molecule has 0 spiro atoms. The minimum atomic E-state index is 0.794. The van der Waals surface area contributed by atoms with Crippen molar-refractivity contribution in [3.63, 3.8) is 0 Å². The second-order valence-electron chi connectivity index (χ2n) is 5.96. The lowest BCUT2D eigenvalue weighted by Crippen LogP contribution is -2.42. The molecule has 0 amide bonds. The van der Waals surface area contributed by atoms with E-state index in [1.165, 1.54) is 64.7 Å². The summed E-state index contributed by atoms with van der Waals surface area (Å²) < 4.78 is 0. The lowest BCUT2D eigenvalue weighted by molar-refractivity contribution is 0.198. The van der Waals surface area contributed by atoms with Crippen molar-refractivity contribution >= 4 is 0 Å². The molecule has 0 unspecified atom stereocenters. The molecule has 0 atom stereocenters. The Hall–Kier alpha value is -0.0800. The van der Waals surface area contributed by atoms with Gasteiger partial charge < -0.3 is 10.2 Å². The van der Waals surface area contributed by atoms with E-state index < -0.39 is 0 Å². The van der Waals surface area contributed by atoms with Crippen LogP contribution in [-0.2, 0) is 0 Å². The molecule has 0 aliphatic carbocycles. The average molecular weight is 240 g/mol. The molecule has 0 aromatic rings. The molecule has 1 saturated heterocycles. The number of hydrogen-bond donors (Lipinski definition) is 1. The monoisotopic (exact) mass is 240 g/mol. The highest BCUT2D eigenvalue weighted by molar-refractivity contribution is 4.76. The molecule has 17 heavy (non-hydrogen) atoms. The van der Waals surface area contributed by atoms with Crippen molar-refractivity contribution < 1.29 is 0 Å². The van der Waals surface area contributed by atoms with E-state index in [-0.39, 0.29) is 0 Å². The first-order valence-corrected chi connectivity index (χ1v) is 7.68. The van der Waals surface area contributed by atoms with Gasteiger partial charge in [-0.3, -0.25) is 0 Å². The Morgan fingerprint density at radius 3 is 2.47 bits per heavy atom. The maximum absolute atomic E-state index is 3.73. The Morgan fingerprint density at radius 2 is 1.88 bits per heavy atom. The van der Waals surface area contributed by atoms with E-state index in [0.717, 1.165) is 12.0 Å². The molecule has 1 aliphatic heterocycles. The van der Waals surface area contributed by atoms with Gasteiger partial charge in [0.25, 0.3) is 0 Å². The first-order valence-electron chi connectivity index (χ1n) is 7.68. The molecule has 1 fully saturated rings. The normalized spacial score (nSPS) is 19.1.